The third-order valence-electron chi connectivity index (χ3n) is 5.45. The summed E-state index contributed by atoms with van der Waals surface area (Å²) in [5.74, 6) is 0.799. The number of hydrogen-bond donors (Lipinski definition) is 0. The van der Waals surface area contributed by atoms with Crippen molar-refractivity contribution in [2.75, 3.05) is 0 Å². The summed E-state index contributed by atoms with van der Waals surface area (Å²) < 4.78 is 5.54. The molecular formula is C28H23N13O4. The Kier molecular flexibility index (Phi) is 10.2. The first-order chi connectivity index (χ1) is 21.5. The Labute approximate surface area is 251 Å². The molecule has 17 heteroatoms. The lowest BCUT2D eigenvalue weighted by Gasteiger charge is -1.94. The van der Waals surface area contributed by atoms with E-state index >= 15 is 0 Å². The van der Waals surface area contributed by atoms with Crippen LogP contribution in [0.4, 0.5) is 0 Å². The molecule has 0 saturated carbocycles. The maximum Gasteiger partial charge on any atom is 0.356 e. The molecule has 0 amide bonds. The highest BCUT2D eigenvalue weighted by molar-refractivity contribution is 5.34. The second kappa shape index (κ2) is 14.8. The zero-order valence-corrected chi connectivity index (χ0v) is 22.4. The number of rotatable bonds is 0. The summed E-state index contributed by atoms with van der Waals surface area (Å²) >= 11 is 0. The first-order valence-electron chi connectivity index (χ1n) is 12.5. The summed E-state index contributed by atoms with van der Waals surface area (Å²) in [5, 5.41) is 7.28. The lowest BCUT2D eigenvalue weighted by Crippen LogP contribution is -2.17. The van der Waals surface area contributed by atoms with Gasteiger partial charge in [-0.2, -0.15) is 10.1 Å². The number of hydrogen-bond acceptors (Lipinski definition) is 13. The average molecular weight is 606 g/mol. The van der Waals surface area contributed by atoms with E-state index in [4.69, 9.17) is 0 Å². The smallest absolute Gasteiger partial charge is 0.269 e. The molecule has 0 spiro atoms. The molecule has 8 heterocycles. The predicted molar refractivity (Wildman–Crippen MR) is 162 cm³/mol. The lowest BCUT2D eigenvalue weighted by atomic mass is 10.5. The van der Waals surface area contributed by atoms with Crippen LogP contribution in [0.1, 0.15) is 7.43 Å². The third kappa shape index (κ3) is 7.68. The van der Waals surface area contributed by atoms with Crippen LogP contribution in [0, 0.1) is 0 Å². The Morgan fingerprint density at radius 3 is 1.84 bits per heavy atom. The number of fused-ring (bicyclic) bond motifs is 4. The molecule has 224 valence electrons. The number of pyridine rings is 1. The summed E-state index contributed by atoms with van der Waals surface area (Å²) in [6, 6.07) is 11.5. The number of aromatic nitrogens is 13. The van der Waals surface area contributed by atoms with Crippen LogP contribution in [0.2, 0.25) is 0 Å². The zero-order valence-electron chi connectivity index (χ0n) is 22.4. The second-order valence-electron chi connectivity index (χ2n) is 8.22. The largest absolute Gasteiger partial charge is 0.356 e. The Hall–Kier alpha value is -6.91. The van der Waals surface area contributed by atoms with Crippen LogP contribution in [0.15, 0.2) is 136 Å². The van der Waals surface area contributed by atoms with Gasteiger partial charge in [0.25, 0.3) is 16.7 Å². The van der Waals surface area contributed by atoms with Crippen LogP contribution in [0.3, 0.4) is 0 Å². The minimum Gasteiger partial charge on any atom is -0.269 e. The van der Waals surface area contributed by atoms with Crippen molar-refractivity contribution < 1.29 is 0 Å². The van der Waals surface area contributed by atoms with Gasteiger partial charge in [-0.25, -0.2) is 34.1 Å². The molecule has 0 aliphatic rings. The molecule has 0 radical (unpaired) electrons. The van der Waals surface area contributed by atoms with Gasteiger partial charge in [0.1, 0.15) is 12.5 Å². The Balaban J connectivity index is 0.000000136. The molecule has 0 atom stereocenters. The van der Waals surface area contributed by atoms with Crippen molar-refractivity contribution in [3.63, 3.8) is 0 Å². The highest BCUT2D eigenvalue weighted by atomic mass is 16.1. The van der Waals surface area contributed by atoms with E-state index in [9.17, 15) is 19.2 Å². The van der Waals surface area contributed by atoms with Crippen molar-refractivity contribution in [1.82, 2.24) is 62.7 Å². The van der Waals surface area contributed by atoms with Gasteiger partial charge in [0.2, 0.25) is 11.6 Å². The topological polar surface area (TPSA) is 202 Å². The molecule has 8 aromatic heterocycles. The second-order valence-corrected chi connectivity index (χ2v) is 8.22. The first-order valence-corrected chi connectivity index (χ1v) is 12.5. The highest BCUT2D eigenvalue weighted by Crippen LogP contribution is 1.91. The van der Waals surface area contributed by atoms with E-state index in [1.54, 1.807) is 73.8 Å². The van der Waals surface area contributed by atoms with Gasteiger partial charge in [-0.1, -0.05) is 13.5 Å². The molecule has 0 aliphatic carbocycles. The minimum absolute atomic E-state index is 0. The fourth-order valence-electron chi connectivity index (χ4n) is 3.47. The van der Waals surface area contributed by atoms with Crippen LogP contribution < -0.4 is 22.4 Å². The summed E-state index contributed by atoms with van der Waals surface area (Å²) in [4.78, 5) is 70.8. The molecule has 8 aromatic rings. The summed E-state index contributed by atoms with van der Waals surface area (Å²) in [6.45, 7) is 0. The standard InChI is InChI=1S/3C7H5N3O.C6H4N4O.CH4/c11-6-2-4-9-7-8-3-1-5-10(6)7;11-7-1-2-9-6-5-8-3-4-10(6)7;11-7-5-8-9-6-3-1-2-4-10(6)7;11-6-9-4-8-5-7-2-1-3-10(5)6;/h3*1-5H;1-4H;1H4. The fourth-order valence-corrected chi connectivity index (χ4v) is 3.47. The van der Waals surface area contributed by atoms with Crippen molar-refractivity contribution in [3.05, 3.63) is 159 Å². The molecule has 45 heavy (non-hydrogen) atoms. The summed E-state index contributed by atoms with van der Waals surface area (Å²) in [7, 11) is 0. The summed E-state index contributed by atoms with van der Waals surface area (Å²) in [5.41, 5.74) is 0.430. The van der Waals surface area contributed by atoms with Gasteiger partial charge in [-0.15, -0.1) is 5.10 Å². The quantitative estimate of drug-likeness (QED) is 0.230. The molecule has 8 rings (SSSR count). The van der Waals surface area contributed by atoms with Crippen LogP contribution in [0.25, 0.3) is 22.8 Å². The lowest BCUT2D eigenvalue weighted by molar-refractivity contribution is 0.911. The SMILES string of the molecule is C.O=c1ccnc2cnccn12.O=c1ccnc2ncccn12.O=c1cnnc2ccccn12.O=c1ncnc2ncccn12. The van der Waals surface area contributed by atoms with Gasteiger partial charge < -0.3 is 0 Å². The molecule has 0 saturated heterocycles. The van der Waals surface area contributed by atoms with Gasteiger partial charge >= 0.3 is 5.69 Å². The van der Waals surface area contributed by atoms with Crippen molar-refractivity contribution in [2.45, 2.75) is 7.43 Å². The summed E-state index contributed by atoms with van der Waals surface area (Å²) in [6.07, 6.45) is 18.0. The normalized spacial score (nSPS) is 9.96. The van der Waals surface area contributed by atoms with E-state index < -0.39 is 0 Å². The van der Waals surface area contributed by atoms with E-state index in [0.717, 1.165) is 0 Å². The molecule has 0 aromatic carbocycles. The monoisotopic (exact) mass is 605 g/mol. The van der Waals surface area contributed by atoms with Crippen LogP contribution in [0.5, 0.6) is 0 Å². The molecule has 0 aliphatic heterocycles. The third-order valence-corrected chi connectivity index (χ3v) is 5.45. The molecular weight excluding hydrogens is 582 g/mol. The molecule has 0 fully saturated rings. The maximum absolute atomic E-state index is 11.1. The van der Waals surface area contributed by atoms with E-state index in [1.807, 2.05) is 6.07 Å². The van der Waals surface area contributed by atoms with Gasteiger partial charge in [0, 0.05) is 67.9 Å². The van der Waals surface area contributed by atoms with Gasteiger partial charge in [-0.3, -0.25) is 32.6 Å². The van der Waals surface area contributed by atoms with Crippen LogP contribution in [-0.4, -0.2) is 62.7 Å². The van der Waals surface area contributed by atoms with Crippen molar-refractivity contribution in [2.24, 2.45) is 0 Å². The Morgan fingerprint density at radius 2 is 1.13 bits per heavy atom. The van der Waals surface area contributed by atoms with Gasteiger partial charge in [0.15, 0.2) is 11.3 Å². The van der Waals surface area contributed by atoms with Gasteiger partial charge in [0.05, 0.1) is 6.20 Å². The number of nitrogens with zero attached hydrogens (tertiary/aromatic N) is 13. The van der Waals surface area contributed by atoms with Crippen LogP contribution >= 0.6 is 0 Å². The van der Waals surface area contributed by atoms with E-state index in [-0.39, 0.29) is 29.8 Å². The fraction of sp³-hybridized carbons (Fsp3) is 0.0357. The maximum atomic E-state index is 11.1. The Bertz CT molecular complexity index is 2060. The Morgan fingerprint density at radius 1 is 0.489 bits per heavy atom. The van der Waals surface area contributed by atoms with E-state index in [2.05, 4.69) is 45.1 Å². The van der Waals surface area contributed by atoms with Crippen molar-refractivity contribution >= 4 is 22.8 Å². The van der Waals surface area contributed by atoms with Gasteiger partial charge in [-0.05, 0) is 24.3 Å². The van der Waals surface area contributed by atoms with E-state index in [0.29, 0.717) is 22.8 Å². The highest BCUT2D eigenvalue weighted by Gasteiger charge is 1.95. The minimum atomic E-state index is -0.358. The van der Waals surface area contributed by atoms with Crippen LogP contribution in [-0.2, 0) is 0 Å². The first kappa shape index (κ1) is 31.0. The molecule has 17 nitrogen and oxygen atoms in total. The molecule has 0 bridgehead atoms. The average Bonchev–Trinajstić information content (AvgIpc) is 3.07. The van der Waals surface area contributed by atoms with Crippen molar-refractivity contribution in [1.29, 1.82) is 0 Å². The zero-order chi connectivity index (χ0) is 30.7. The van der Waals surface area contributed by atoms with Crippen molar-refractivity contribution in [3.8, 4) is 0 Å². The molecule has 0 unspecified atom stereocenters. The predicted octanol–water partition coefficient (Wildman–Crippen LogP) is 0.389. The van der Waals surface area contributed by atoms with E-state index in [1.165, 1.54) is 54.7 Å². The molecule has 0 N–H and O–H groups in total.